The minimum atomic E-state index is -0.847. The number of nitrogens with zero attached hydrogens (tertiary/aromatic N) is 1. The van der Waals surface area contributed by atoms with Crippen LogP contribution in [0.2, 0.25) is 0 Å². The molecule has 0 aromatic heterocycles. The summed E-state index contributed by atoms with van der Waals surface area (Å²) in [6.45, 7) is 21.1. The van der Waals surface area contributed by atoms with Crippen LogP contribution in [0.15, 0.2) is 24.3 Å². The van der Waals surface area contributed by atoms with E-state index in [1.165, 1.54) is 0 Å². The van der Waals surface area contributed by atoms with Crippen LogP contribution >= 0.6 is 0 Å². The second kappa shape index (κ2) is 13.7. The molecule has 0 saturated heterocycles. The lowest BCUT2D eigenvalue weighted by atomic mass is 9.93. The molecule has 0 aliphatic carbocycles. The molecule has 0 radical (unpaired) electrons. The molecule has 0 aliphatic rings. The van der Waals surface area contributed by atoms with Crippen molar-refractivity contribution in [2.45, 2.75) is 119 Å². The van der Waals surface area contributed by atoms with Crippen LogP contribution in [-0.4, -0.2) is 46.5 Å². The van der Waals surface area contributed by atoms with Crippen LogP contribution < -0.4 is 10.6 Å². The number of amides is 3. The highest BCUT2D eigenvalue weighted by Crippen LogP contribution is 2.30. The summed E-state index contributed by atoms with van der Waals surface area (Å²) in [7, 11) is 0. The van der Waals surface area contributed by atoms with Gasteiger partial charge in [0.25, 0.3) is 0 Å². The molecule has 3 atom stereocenters. The third-order valence-electron chi connectivity index (χ3n) is 5.94. The number of hydrogen-bond acceptors (Lipinski definition) is 4. The standard InChI is InChI=1S/C29H49N3O4/c1-18(2)16-17-22(8)32(27(34)24(19(3)4)31-28(35)36-29(9,10)11)25(26(33)30-20(5)6)23-15-13-12-14-21(23)7/h12-15,18-20,22,24-25H,16-17H2,1-11H3,(H,30,33)(H,31,35). The van der Waals surface area contributed by atoms with E-state index < -0.39 is 23.8 Å². The Morgan fingerprint density at radius 2 is 1.50 bits per heavy atom. The first-order valence-electron chi connectivity index (χ1n) is 13.2. The molecule has 1 aromatic carbocycles. The molecule has 0 spiro atoms. The summed E-state index contributed by atoms with van der Waals surface area (Å²) in [5.41, 5.74) is 1.01. The highest BCUT2D eigenvalue weighted by molar-refractivity contribution is 5.92. The van der Waals surface area contributed by atoms with Crippen LogP contribution in [0.3, 0.4) is 0 Å². The van der Waals surface area contributed by atoms with Crippen molar-refractivity contribution in [3.05, 3.63) is 35.4 Å². The van der Waals surface area contributed by atoms with Gasteiger partial charge in [-0.15, -0.1) is 0 Å². The van der Waals surface area contributed by atoms with E-state index in [1.54, 1.807) is 25.7 Å². The summed E-state index contributed by atoms with van der Waals surface area (Å²) in [6, 6.07) is 5.66. The average molecular weight is 504 g/mol. The van der Waals surface area contributed by atoms with Gasteiger partial charge in [-0.1, -0.05) is 52.0 Å². The maximum Gasteiger partial charge on any atom is 0.408 e. The van der Waals surface area contributed by atoms with Crippen LogP contribution in [0.1, 0.15) is 99.2 Å². The number of ether oxygens (including phenoxy) is 1. The lowest BCUT2D eigenvalue weighted by molar-refractivity contribution is -0.146. The van der Waals surface area contributed by atoms with Crippen molar-refractivity contribution < 1.29 is 19.1 Å². The van der Waals surface area contributed by atoms with Gasteiger partial charge in [-0.05, 0) is 84.3 Å². The second-order valence-electron chi connectivity index (χ2n) is 11.9. The van der Waals surface area contributed by atoms with Gasteiger partial charge in [0.15, 0.2) is 0 Å². The molecule has 0 bridgehead atoms. The largest absolute Gasteiger partial charge is 0.444 e. The number of hydrogen-bond donors (Lipinski definition) is 2. The summed E-state index contributed by atoms with van der Waals surface area (Å²) in [5.74, 6) is -0.287. The molecule has 1 rings (SSSR count). The Balaban J connectivity index is 3.60. The van der Waals surface area contributed by atoms with Crippen molar-refractivity contribution in [2.24, 2.45) is 11.8 Å². The molecule has 3 unspecified atom stereocenters. The smallest absolute Gasteiger partial charge is 0.408 e. The second-order valence-corrected chi connectivity index (χ2v) is 11.9. The van der Waals surface area contributed by atoms with Crippen LogP contribution in [-0.2, 0) is 14.3 Å². The van der Waals surface area contributed by atoms with Gasteiger partial charge in [0, 0.05) is 12.1 Å². The Bertz CT molecular complexity index is 874. The van der Waals surface area contributed by atoms with Crippen molar-refractivity contribution in [1.29, 1.82) is 0 Å². The van der Waals surface area contributed by atoms with E-state index in [-0.39, 0.29) is 29.8 Å². The molecule has 0 aliphatic heterocycles. The minimum absolute atomic E-state index is 0.0901. The van der Waals surface area contributed by atoms with E-state index in [9.17, 15) is 14.4 Å². The SMILES string of the molecule is Cc1ccccc1C(C(=O)NC(C)C)N(C(=O)C(NC(=O)OC(C)(C)C)C(C)C)C(C)CCC(C)C. The summed E-state index contributed by atoms with van der Waals surface area (Å²) < 4.78 is 5.45. The van der Waals surface area contributed by atoms with Crippen molar-refractivity contribution in [2.75, 3.05) is 0 Å². The monoisotopic (exact) mass is 503 g/mol. The quantitative estimate of drug-likeness (QED) is 0.402. The zero-order valence-corrected chi connectivity index (χ0v) is 24.3. The fourth-order valence-corrected chi connectivity index (χ4v) is 4.10. The zero-order chi connectivity index (χ0) is 27.8. The molecule has 1 aromatic rings. The first-order valence-corrected chi connectivity index (χ1v) is 13.2. The number of rotatable bonds is 11. The van der Waals surface area contributed by atoms with E-state index in [0.717, 1.165) is 24.0 Å². The Hall–Kier alpha value is -2.57. The molecule has 2 N–H and O–H groups in total. The maximum absolute atomic E-state index is 14.3. The molecule has 7 nitrogen and oxygen atoms in total. The van der Waals surface area contributed by atoms with E-state index in [1.807, 2.05) is 65.8 Å². The molecular formula is C29H49N3O4. The Labute approximate surface area is 218 Å². The van der Waals surface area contributed by atoms with E-state index in [2.05, 4.69) is 24.5 Å². The first-order chi connectivity index (χ1) is 16.5. The fourth-order valence-electron chi connectivity index (χ4n) is 4.10. The van der Waals surface area contributed by atoms with Gasteiger partial charge in [-0.3, -0.25) is 9.59 Å². The van der Waals surface area contributed by atoms with Gasteiger partial charge >= 0.3 is 6.09 Å². The zero-order valence-electron chi connectivity index (χ0n) is 24.3. The molecule has 0 heterocycles. The van der Waals surface area contributed by atoms with Crippen LogP contribution in [0, 0.1) is 18.8 Å². The molecule has 0 fully saturated rings. The van der Waals surface area contributed by atoms with Crippen LogP contribution in [0.5, 0.6) is 0 Å². The topological polar surface area (TPSA) is 87.7 Å². The number of aryl methyl sites for hydroxylation is 1. The molecule has 3 amide bonds. The lowest BCUT2D eigenvalue weighted by Crippen LogP contribution is -2.57. The van der Waals surface area contributed by atoms with Gasteiger partial charge in [0.1, 0.15) is 17.7 Å². The number of nitrogens with one attached hydrogen (secondary N) is 2. The highest BCUT2D eigenvalue weighted by atomic mass is 16.6. The maximum atomic E-state index is 14.3. The third-order valence-corrected chi connectivity index (χ3v) is 5.94. The third kappa shape index (κ3) is 9.82. The first kappa shape index (κ1) is 31.5. The summed E-state index contributed by atoms with van der Waals surface area (Å²) in [4.78, 5) is 42.3. The number of alkyl carbamates (subject to hydrolysis) is 1. The van der Waals surface area contributed by atoms with Gasteiger partial charge < -0.3 is 20.3 Å². The number of benzene rings is 1. The molecular weight excluding hydrogens is 454 g/mol. The molecule has 0 saturated carbocycles. The van der Waals surface area contributed by atoms with Crippen molar-refractivity contribution in [3.63, 3.8) is 0 Å². The summed E-state index contributed by atoms with van der Waals surface area (Å²) in [6.07, 6.45) is 0.990. The molecule has 204 valence electrons. The number of carbonyl (C=O) groups is 3. The average Bonchev–Trinajstić information content (AvgIpc) is 2.72. The fraction of sp³-hybridized carbons (Fsp3) is 0.690. The minimum Gasteiger partial charge on any atom is -0.444 e. The van der Waals surface area contributed by atoms with E-state index in [4.69, 9.17) is 4.74 Å². The Morgan fingerprint density at radius 1 is 0.917 bits per heavy atom. The molecule has 7 heteroatoms. The van der Waals surface area contributed by atoms with Crippen molar-refractivity contribution in [3.8, 4) is 0 Å². The van der Waals surface area contributed by atoms with Gasteiger partial charge in [-0.2, -0.15) is 0 Å². The summed E-state index contributed by atoms with van der Waals surface area (Å²) >= 11 is 0. The molecule has 36 heavy (non-hydrogen) atoms. The number of carbonyl (C=O) groups excluding carboxylic acids is 3. The van der Waals surface area contributed by atoms with Crippen LogP contribution in [0.4, 0.5) is 4.79 Å². The van der Waals surface area contributed by atoms with Crippen molar-refractivity contribution >= 4 is 17.9 Å². The normalized spacial score (nSPS) is 14.4. The Kier molecular flexibility index (Phi) is 11.9. The van der Waals surface area contributed by atoms with Gasteiger partial charge in [0.05, 0.1) is 0 Å². The highest BCUT2D eigenvalue weighted by Gasteiger charge is 2.40. The van der Waals surface area contributed by atoms with E-state index >= 15 is 0 Å². The Morgan fingerprint density at radius 3 is 1.97 bits per heavy atom. The lowest BCUT2D eigenvalue weighted by Gasteiger charge is -2.40. The predicted molar refractivity (Wildman–Crippen MR) is 146 cm³/mol. The van der Waals surface area contributed by atoms with Gasteiger partial charge in [0.2, 0.25) is 11.8 Å². The van der Waals surface area contributed by atoms with Gasteiger partial charge in [-0.25, -0.2) is 4.79 Å². The van der Waals surface area contributed by atoms with E-state index in [0.29, 0.717) is 5.92 Å². The summed E-state index contributed by atoms with van der Waals surface area (Å²) in [5, 5.41) is 5.81. The van der Waals surface area contributed by atoms with Crippen LogP contribution in [0.25, 0.3) is 0 Å². The predicted octanol–water partition coefficient (Wildman–Crippen LogP) is 5.76. The van der Waals surface area contributed by atoms with Crippen molar-refractivity contribution in [1.82, 2.24) is 15.5 Å².